The van der Waals surface area contributed by atoms with Crippen LogP contribution in [-0.2, 0) is 16.6 Å². The largest absolute Gasteiger partial charge is 0.486 e. The highest BCUT2D eigenvalue weighted by molar-refractivity contribution is 7.89. The van der Waals surface area contributed by atoms with Crippen molar-refractivity contribution in [2.75, 3.05) is 0 Å². The van der Waals surface area contributed by atoms with Gasteiger partial charge in [-0.3, -0.25) is 0 Å². The van der Waals surface area contributed by atoms with Gasteiger partial charge in [-0.05, 0) is 61.0 Å². The van der Waals surface area contributed by atoms with Gasteiger partial charge < -0.3 is 4.74 Å². The van der Waals surface area contributed by atoms with Gasteiger partial charge in [0, 0.05) is 5.56 Å². The fraction of sp³-hybridized carbons (Fsp3) is 0.0870. The van der Waals surface area contributed by atoms with Gasteiger partial charge in [0.2, 0.25) is 10.0 Å². The van der Waals surface area contributed by atoms with Gasteiger partial charge >= 0.3 is 0 Å². The molecule has 0 aliphatic carbocycles. The highest BCUT2D eigenvalue weighted by atomic mass is 32.2. The quantitative estimate of drug-likeness (QED) is 0.437. The van der Waals surface area contributed by atoms with E-state index in [1.807, 2.05) is 31.2 Å². The summed E-state index contributed by atoms with van der Waals surface area (Å²) in [5.41, 5.74) is 3.36. The number of aromatic nitrogens is 1. The van der Waals surface area contributed by atoms with Crippen LogP contribution in [0.3, 0.4) is 0 Å². The molecule has 4 aromatic rings. The average Bonchev–Trinajstić information content (AvgIpc) is 3.18. The van der Waals surface area contributed by atoms with E-state index < -0.39 is 10.0 Å². The van der Waals surface area contributed by atoms with Crippen LogP contribution in [0.1, 0.15) is 10.6 Å². The minimum atomic E-state index is -3.78. The molecule has 0 saturated carbocycles. The molecule has 158 valence electrons. The first kappa shape index (κ1) is 21.2. The van der Waals surface area contributed by atoms with Crippen molar-refractivity contribution in [2.24, 2.45) is 5.14 Å². The number of aryl methyl sites for hydroxylation is 1. The zero-order valence-electron chi connectivity index (χ0n) is 16.6. The number of primary sulfonamides is 1. The zero-order chi connectivity index (χ0) is 22.0. The maximum absolute atomic E-state index is 13.4. The first-order valence-electron chi connectivity index (χ1n) is 9.38. The first-order valence-corrected chi connectivity index (χ1v) is 11.7. The number of sulfonamides is 1. The predicted molar refractivity (Wildman–Crippen MR) is 120 cm³/mol. The molecule has 0 fully saturated rings. The molecule has 0 aliphatic heterocycles. The number of hydrogen-bond acceptors (Lipinski definition) is 5. The fourth-order valence-electron chi connectivity index (χ4n) is 3.00. The number of ether oxygens (including phenoxy) is 1. The summed E-state index contributed by atoms with van der Waals surface area (Å²) in [6, 6.07) is 20.1. The molecule has 0 radical (unpaired) electrons. The summed E-state index contributed by atoms with van der Waals surface area (Å²) < 4.78 is 42.4. The molecule has 31 heavy (non-hydrogen) atoms. The van der Waals surface area contributed by atoms with Crippen molar-refractivity contribution in [3.63, 3.8) is 0 Å². The number of benzene rings is 3. The molecule has 1 heterocycles. The molecule has 1 aromatic heterocycles. The topological polar surface area (TPSA) is 82.3 Å². The summed E-state index contributed by atoms with van der Waals surface area (Å²) in [5.74, 6) is 0.407. The van der Waals surface area contributed by atoms with Gasteiger partial charge in [-0.1, -0.05) is 29.8 Å². The smallest absolute Gasteiger partial charge is 0.238 e. The van der Waals surface area contributed by atoms with Gasteiger partial charge in [0.25, 0.3) is 0 Å². The maximum Gasteiger partial charge on any atom is 0.238 e. The van der Waals surface area contributed by atoms with Gasteiger partial charge in [0.15, 0.2) is 0 Å². The van der Waals surface area contributed by atoms with Crippen molar-refractivity contribution in [1.29, 1.82) is 0 Å². The summed E-state index contributed by atoms with van der Waals surface area (Å²) in [7, 11) is -3.78. The lowest BCUT2D eigenvalue weighted by Crippen LogP contribution is -2.11. The number of nitrogens with two attached hydrogens (primary N) is 1. The Kier molecular flexibility index (Phi) is 5.86. The van der Waals surface area contributed by atoms with Crippen molar-refractivity contribution in [2.45, 2.75) is 18.4 Å². The van der Waals surface area contributed by atoms with Crippen LogP contribution in [0.5, 0.6) is 5.75 Å². The number of rotatable bonds is 6. The second kappa shape index (κ2) is 8.58. The third-order valence-electron chi connectivity index (χ3n) is 4.62. The highest BCUT2D eigenvalue weighted by Crippen LogP contribution is 2.37. The molecule has 0 bridgehead atoms. The Balaban J connectivity index is 1.70. The van der Waals surface area contributed by atoms with Crippen LogP contribution >= 0.6 is 11.3 Å². The van der Waals surface area contributed by atoms with E-state index in [-0.39, 0.29) is 17.3 Å². The minimum absolute atomic E-state index is 0.0343. The van der Waals surface area contributed by atoms with Crippen LogP contribution in [0.15, 0.2) is 77.7 Å². The van der Waals surface area contributed by atoms with Crippen molar-refractivity contribution in [3.05, 3.63) is 89.2 Å². The minimum Gasteiger partial charge on any atom is -0.486 e. The van der Waals surface area contributed by atoms with Crippen molar-refractivity contribution in [3.8, 4) is 27.4 Å². The van der Waals surface area contributed by atoms with Crippen LogP contribution in [-0.4, -0.2) is 13.4 Å². The Labute approximate surface area is 184 Å². The van der Waals surface area contributed by atoms with E-state index in [2.05, 4.69) is 0 Å². The lowest BCUT2D eigenvalue weighted by Gasteiger charge is -2.04. The second-order valence-electron chi connectivity index (χ2n) is 6.96. The van der Waals surface area contributed by atoms with Crippen LogP contribution in [0.4, 0.5) is 4.39 Å². The highest BCUT2D eigenvalue weighted by Gasteiger charge is 2.17. The standard InChI is InChI=1S/C23H19FN2O3S2/c1-15-2-10-19(11-3-15)29-14-21-26-22(16-4-8-18(24)9-5-16)23(30-21)17-6-12-20(13-7-17)31(25,27)28/h2-13H,14H2,1H3,(H2,25,27,28). The molecule has 4 rings (SSSR count). The predicted octanol–water partition coefficient (Wildman–Crippen LogP) is 5.15. The molecule has 8 heteroatoms. The molecule has 5 nitrogen and oxygen atoms in total. The molecule has 0 unspecified atom stereocenters. The first-order chi connectivity index (χ1) is 14.8. The zero-order valence-corrected chi connectivity index (χ0v) is 18.2. The Morgan fingerprint density at radius 2 is 1.55 bits per heavy atom. The summed E-state index contributed by atoms with van der Waals surface area (Å²) in [6.07, 6.45) is 0. The summed E-state index contributed by atoms with van der Waals surface area (Å²) in [4.78, 5) is 5.58. The van der Waals surface area contributed by atoms with Crippen LogP contribution in [0, 0.1) is 12.7 Å². The summed E-state index contributed by atoms with van der Waals surface area (Å²) in [5, 5.41) is 5.94. The molecule has 0 aliphatic rings. The third kappa shape index (κ3) is 4.99. The molecular weight excluding hydrogens is 435 g/mol. The van der Waals surface area contributed by atoms with E-state index in [0.717, 1.165) is 32.3 Å². The average molecular weight is 455 g/mol. The molecule has 0 spiro atoms. The monoisotopic (exact) mass is 454 g/mol. The third-order valence-corrected chi connectivity index (χ3v) is 6.62. The Hall–Kier alpha value is -3.07. The second-order valence-corrected chi connectivity index (χ2v) is 9.61. The van der Waals surface area contributed by atoms with Gasteiger partial charge in [-0.15, -0.1) is 11.3 Å². The fourth-order valence-corrected chi connectivity index (χ4v) is 4.52. The van der Waals surface area contributed by atoms with E-state index >= 15 is 0 Å². The number of nitrogens with zero attached hydrogens (tertiary/aromatic N) is 1. The molecule has 0 amide bonds. The number of hydrogen-bond donors (Lipinski definition) is 1. The van der Waals surface area contributed by atoms with E-state index in [4.69, 9.17) is 14.9 Å². The molecule has 2 N–H and O–H groups in total. The van der Waals surface area contributed by atoms with Crippen molar-refractivity contribution < 1.29 is 17.5 Å². The van der Waals surface area contributed by atoms with Crippen molar-refractivity contribution in [1.82, 2.24) is 4.98 Å². The Bertz CT molecular complexity index is 1300. The van der Waals surface area contributed by atoms with E-state index in [9.17, 15) is 12.8 Å². The lowest BCUT2D eigenvalue weighted by atomic mass is 10.1. The van der Waals surface area contributed by atoms with Crippen LogP contribution < -0.4 is 9.88 Å². The molecular formula is C23H19FN2O3S2. The SMILES string of the molecule is Cc1ccc(OCc2nc(-c3ccc(F)cc3)c(-c3ccc(S(N)(=O)=O)cc3)s2)cc1. The lowest BCUT2D eigenvalue weighted by molar-refractivity contribution is 0.305. The van der Waals surface area contributed by atoms with Gasteiger partial charge in [-0.25, -0.2) is 22.9 Å². The number of halogens is 1. The van der Waals surface area contributed by atoms with E-state index in [1.54, 1.807) is 24.3 Å². The molecule has 3 aromatic carbocycles. The maximum atomic E-state index is 13.4. The van der Waals surface area contributed by atoms with E-state index in [0.29, 0.717) is 5.69 Å². The van der Waals surface area contributed by atoms with Gasteiger partial charge in [0.05, 0.1) is 15.5 Å². The van der Waals surface area contributed by atoms with E-state index in [1.165, 1.54) is 35.6 Å². The van der Waals surface area contributed by atoms with Crippen LogP contribution in [0.25, 0.3) is 21.7 Å². The van der Waals surface area contributed by atoms with Crippen molar-refractivity contribution >= 4 is 21.4 Å². The molecule has 0 atom stereocenters. The Morgan fingerprint density at radius 1 is 0.935 bits per heavy atom. The molecule has 0 saturated heterocycles. The normalized spacial score (nSPS) is 11.5. The Morgan fingerprint density at radius 3 is 2.16 bits per heavy atom. The van der Waals surface area contributed by atoms with Gasteiger partial charge in [0.1, 0.15) is 23.2 Å². The number of thiazole rings is 1. The summed E-state index contributed by atoms with van der Waals surface area (Å²) in [6.45, 7) is 2.28. The van der Waals surface area contributed by atoms with Crippen LogP contribution in [0.2, 0.25) is 0 Å². The van der Waals surface area contributed by atoms with Gasteiger partial charge in [-0.2, -0.15) is 0 Å². The summed E-state index contributed by atoms with van der Waals surface area (Å²) >= 11 is 1.44.